The van der Waals surface area contributed by atoms with Crippen LogP contribution in [0.5, 0.6) is 0 Å². The molecular weight excluding hydrogens is 288 g/mol. The highest BCUT2D eigenvalue weighted by Crippen LogP contribution is 2.12. The summed E-state index contributed by atoms with van der Waals surface area (Å²) in [5.74, 6) is 1.26. The van der Waals surface area contributed by atoms with Crippen LogP contribution in [0, 0.1) is 6.92 Å². The molecule has 1 fully saturated rings. The van der Waals surface area contributed by atoms with Gasteiger partial charge in [-0.25, -0.2) is 4.98 Å². The molecular formula is C17H32N6. The molecule has 0 aliphatic carbocycles. The minimum Gasteiger partial charge on any atom is -0.368 e. The number of likely N-dealkylation sites (tertiary alicyclic amines) is 1. The van der Waals surface area contributed by atoms with Crippen molar-refractivity contribution in [3.05, 3.63) is 11.8 Å². The molecule has 2 heterocycles. The Hall–Kier alpha value is -1.40. The lowest BCUT2D eigenvalue weighted by atomic mass is 10.3. The number of nitrogens with two attached hydrogens (primary N) is 1. The molecule has 1 aromatic rings. The first-order valence-electron chi connectivity index (χ1n) is 8.78. The predicted octanol–water partition coefficient (Wildman–Crippen LogP) is 1.61. The quantitative estimate of drug-likeness (QED) is 0.746. The molecule has 6 heteroatoms. The summed E-state index contributed by atoms with van der Waals surface area (Å²) in [6.45, 7) is 9.08. The summed E-state index contributed by atoms with van der Waals surface area (Å²) in [6, 6.07) is 1.98. The van der Waals surface area contributed by atoms with Gasteiger partial charge in [0, 0.05) is 25.4 Å². The molecule has 1 aliphatic heterocycles. The van der Waals surface area contributed by atoms with E-state index in [1.165, 1.54) is 45.4 Å². The number of hydrogen-bond donors (Lipinski definition) is 1. The first-order valence-corrected chi connectivity index (χ1v) is 8.78. The number of nitrogen functional groups attached to an aromatic ring is 1. The van der Waals surface area contributed by atoms with Gasteiger partial charge in [0.05, 0.1) is 0 Å². The fourth-order valence-corrected chi connectivity index (χ4v) is 3.14. The van der Waals surface area contributed by atoms with Crippen molar-refractivity contribution >= 4 is 11.8 Å². The second-order valence-corrected chi connectivity index (χ2v) is 6.71. The average molecular weight is 320 g/mol. The van der Waals surface area contributed by atoms with Gasteiger partial charge in [0.2, 0.25) is 5.95 Å². The van der Waals surface area contributed by atoms with E-state index in [9.17, 15) is 0 Å². The van der Waals surface area contributed by atoms with E-state index in [1.807, 2.05) is 13.0 Å². The minimum atomic E-state index is 0.353. The maximum atomic E-state index is 5.72. The molecule has 23 heavy (non-hydrogen) atoms. The zero-order chi connectivity index (χ0) is 16.7. The van der Waals surface area contributed by atoms with Crippen LogP contribution in [-0.4, -0.2) is 73.1 Å². The number of rotatable bonds is 9. The minimum absolute atomic E-state index is 0.353. The van der Waals surface area contributed by atoms with Gasteiger partial charge in [-0.3, -0.25) is 0 Å². The summed E-state index contributed by atoms with van der Waals surface area (Å²) >= 11 is 0. The third-order valence-corrected chi connectivity index (χ3v) is 4.50. The molecule has 1 saturated heterocycles. The van der Waals surface area contributed by atoms with Gasteiger partial charge in [-0.2, -0.15) is 4.98 Å². The summed E-state index contributed by atoms with van der Waals surface area (Å²) in [5, 5.41) is 0. The van der Waals surface area contributed by atoms with Crippen molar-refractivity contribution in [1.29, 1.82) is 0 Å². The van der Waals surface area contributed by atoms with Gasteiger partial charge in [0.25, 0.3) is 0 Å². The van der Waals surface area contributed by atoms with Crippen LogP contribution in [-0.2, 0) is 0 Å². The summed E-state index contributed by atoms with van der Waals surface area (Å²) in [6.07, 6.45) is 5.16. The average Bonchev–Trinajstić information content (AvgIpc) is 2.99. The van der Waals surface area contributed by atoms with Gasteiger partial charge < -0.3 is 20.4 Å². The van der Waals surface area contributed by atoms with E-state index in [4.69, 9.17) is 5.73 Å². The van der Waals surface area contributed by atoms with Gasteiger partial charge >= 0.3 is 0 Å². The van der Waals surface area contributed by atoms with Crippen LogP contribution >= 0.6 is 0 Å². The van der Waals surface area contributed by atoms with Crippen LogP contribution in [0.25, 0.3) is 0 Å². The second-order valence-electron chi connectivity index (χ2n) is 6.71. The second kappa shape index (κ2) is 9.03. The number of aryl methyl sites for hydroxylation is 1. The first-order chi connectivity index (χ1) is 11.0. The highest BCUT2D eigenvalue weighted by molar-refractivity contribution is 5.42. The Kier molecular flexibility index (Phi) is 7.05. The van der Waals surface area contributed by atoms with E-state index < -0.39 is 0 Å². The monoisotopic (exact) mass is 320 g/mol. The lowest BCUT2D eigenvalue weighted by Crippen LogP contribution is -2.29. The topological polar surface area (TPSA) is 61.5 Å². The molecule has 0 radical (unpaired) electrons. The van der Waals surface area contributed by atoms with E-state index in [2.05, 4.69) is 38.8 Å². The molecule has 0 atom stereocenters. The van der Waals surface area contributed by atoms with Crippen molar-refractivity contribution in [3.63, 3.8) is 0 Å². The summed E-state index contributed by atoms with van der Waals surface area (Å²) in [7, 11) is 4.28. The van der Waals surface area contributed by atoms with Crippen molar-refractivity contribution in [3.8, 4) is 0 Å². The lowest BCUT2D eigenvalue weighted by molar-refractivity contribution is 0.278. The fraction of sp³-hybridized carbons (Fsp3) is 0.765. The molecule has 0 spiro atoms. The van der Waals surface area contributed by atoms with Crippen LogP contribution < -0.4 is 10.6 Å². The Balaban J connectivity index is 1.61. The van der Waals surface area contributed by atoms with Crippen LogP contribution in [0.4, 0.5) is 11.8 Å². The van der Waals surface area contributed by atoms with Gasteiger partial charge in [-0.1, -0.05) is 0 Å². The zero-order valence-electron chi connectivity index (χ0n) is 15.0. The van der Waals surface area contributed by atoms with E-state index in [0.717, 1.165) is 31.0 Å². The molecule has 130 valence electrons. The predicted molar refractivity (Wildman–Crippen MR) is 96.9 cm³/mol. The highest BCUT2D eigenvalue weighted by Gasteiger charge is 2.11. The molecule has 1 aliphatic rings. The third-order valence-electron chi connectivity index (χ3n) is 4.50. The van der Waals surface area contributed by atoms with Gasteiger partial charge in [0.15, 0.2) is 0 Å². The SMILES string of the molecule is Cc1cc(N(C)CCCN(C)CCCN2CCCC2)nc(N)n1. The largest absolute Gasteiger partial charge is 0.368 e. The normalized spacial score (nSPS) is 15.5. The Morgan fingerprint density at radius 1 is 1.09 bits per heavy atom. The number of anilines is 2. The highest BCUT2D eigenvalue weighted by atomic mass is 15.2. The summed E-state index contributed by atoms with van der Waals surface area (Å²) < 4.78 is 0. The smallest absolute Gasteiger partial charge is 0.222 e. The standard InChI is InChI=1S/C17H32N6/c1-15-14-16(20-17(18)19-15)22(3)10-6-8-21(2)9-7-13-23-11-4-5-12-23/h14H,4-13H2,1-3H3,(H2,18,19,20). The maximum absolute atomic E-state index is 5.72. The number of nitrogens with zero attached hydrogens (tertiary/aromatic N) is 5. The first kappa shape index (κ1) is 17.9. The van der Waals surface area contributed by atoms with Crippen molar-refractivity contribution < 1.29 is 0 Å². The van der Waals surface area contributed by atoms with E-state index in [1.54, 1.807) is 0 Å². The van der Waals surface area contributed by atoms with E-state index >= 15 is 0 Å². The zero-order valence-corrected chi connectivity index (χ0v) is 15.0. The van der Waals surface area contributed by atoms with Crippen LogP contribution in [0.1, 0.15) is 31.4 Å². The van der Waals surface area contributed by atoms with E-state index in [-0.39, 0.29) is 0 Å². The number of hydrogen-bond acceptors (Lipinski definition) is 6. The Labute approximate surface area is 140 Å². The summed E-state index contributed by atoms with van der Waals surface area (Å²) in [5.41, 5.74) is 6.63. The van der Waals surface area contributed by atoms with Crippen LogP contribution in [0.2, 0.25) is 0 Å². The summed E-state index contributed by atoms with van der Waals surface area (Å²) in [4.78, 5) is 15.6. The van der Waals surface area contributed by atoms with Gasteiger partial charge in [-0.15, -0.1) is 0 Å². The van der Waals surface area contributed by atoms with Gasteiger partial charge in [-0.05, 0) is 72.4 Å². The Morgan fingerprint density at radius 3 is 2.48 bits per heavy atom. The molecule has 2 rings (SSSR count). The fourth-order valence-electron chi connectivity index (χ4n) is 3.14. The van der Waals surface area contributed by atoms with E-state index in [0.29, 0.717) is 5.95 Å². The molecule has 0 unspecified atom stereocenters. The molecule has 2 N–H and O–H groups in total. The van der Waals surface area contributed by atoms with Crippen molar-refractivity contribution in [2.24, 2.45) is 0 Å². The molecule has 0 saturated carbocycles. The Bertz CT molecular complexity index is 452. The van der Waals surface area contributed by atoms with Crippen LogP contribution in [0.15, 0.2) is 6.07 Å². The molecule has 0 bridgehead atoms. The van der Waals surface area contributed by atoms with Crippen LogP contribution in [0.3, 0.4) is 0 Å². The van der Waals surface area contributed by atoms with Crippen molar-refractivity contribution in [1.82, 2.24) is 19.8 Å². The number of aromatic nitrogens is 2. The maximum Gasteiger partial charge on any atom is 0.222 e. The lowest BCUT2D eigenvalue weighted by Gasteiger charge is -2.22. The third kappa shape index (κ3) is 6.31. The van der Waals surface area contributed by atoms with Crippen molar-refractivity contribution in [2.45, 2.75) is 32.6 Å². The molecule has 0 aromatic carbocycles. The molecule has 6 nitrogen and oxygen atoms in total. The van der Waals surface area contributed by atoms with Crippen molar-refractivity contribution in [2.75, 3.05) is 64.0 Å². The molecule has 0 amide bonds. The van der Waals surface area contributed by atoms with Gasteiger partial charge in [0.1, 0.15) is 5.82 Å². The molecule has 1 aromatic heterocycles. The Morgan fingerprint density at radius 2 is 1.78 bits per heavy atom.